The van der Waals surface area contributed by atoms with Crippen molar-refractivity contribution in [2.24, 2.45) is 5.73 Å². The highest BCUT2D eigenvalue weighted by atomic mass is 32.1. The molecule has 0 bridgehead atoms. The Morgan fingerprint density at radius 3 is 2.58 bits per heavy atom. The lowest BCUT2D eigenvalue weighted by Gasteiger charge is -2.19. The monoisotopic (exact) mass is 496 g/mol. The summed E-state index contributed by atoms with van der Waals surface area (Å²) in [5, 5.41) is 6.34. The molecule has 180 valence electrons. The summed E-state index contributed by atoms with van der Waals surface area (Å²) in [6, 6.07) is 19.8. The largest absolute Gasteiger partial charge is 0.370 e. The van der Waals surface area contributed by atoms with Crippen molar-refractivity contribution in [3.8, 4) is 10.6 Å². The number of para-hydroxylation sites is 1. The molecule has 0 atom stereocenters. The number of fused-ring (bicyclic) bond motifs is 1. The topological polar surface area (TPSA) is 117 Å². The van der Waals surface area contributed by atoms with Crippen LogP contribution >= 0.6 is 11.3 Å². The number of hydrogen-bond acceptors (Lipinski definition) is 6. The normalized spacial score (nSPS) is 10.9. The molecule has 36 heavy (non-hydrogen) atoms. The SMILES string of the molecule is CN(c1ccccc1)c1ccc2c(CCC(N)=O)c(NC(=O)c3csc(-c4ccncc4)n3)[nH]c2c1. The van der Waals surface area contributed by atoms with Crippen molar-refractivity contribution in [2.45, 2.75) is 12.8 Å². The molecule has 0 aliphatic rings. The second-order valence-corrected chi connectivity index (χ2v) is 9.16. The number of aryl methyl sites for hydroxylation is 1. The molecular weight excluding hydrogens is 472 g/mol. The van der Waals surface area contributed by atoms with Crippen LogP contribution in [0.25, 0.3) is 21.5 Å². The number of rotatable bonds is 8. The molecule has 5 rings (SSSR count). The van der Waals surface area contributed by atoms with E-state index in [4.69, 9.17) is 5.73 Å². The van der Waals surface area contributed by atoms with Gasteiger partial charge in [-0.1, -0.05) is 24.3 Å². The molecule has 0 fully saturated rings. The van der Waals surface area contributed by atoms with Gasteiger partial charge in [0.1, 0.15) is 16.5 Å². The molecule has 5 aromatic rings. The van der Waals surface area contributed by atoms with Crippen molar-refractivity contribution in [1.82, 2.24) is 15.0 Å². The van der Waals surface area contributed by atoms with Crippen LogP contribution in [0.1, 0.15) is 22.5 Å². The van der Waals surface area contributed by atoms with Crippen LogP contribution in [0.3, 0.4) is 0 Å². The van der Waals surface area contributed by atoms with Crippen LogP contribution in [0.5, 0.6) is 0 Å². The number of H-pyrrole nitrogens is 1. The van der Waals surface area contributed by atoms with Crippen molar-refractivity contribution in [3.05, 3.63) is 89.7 Å². The number of aromatic nitrogens is 3. The van der Waals surface area contributed by atoms with E-state index in [9.17, 15) is 9.59 Å². The molecule has 0 spiro atoms. The molecule has 9 heteroatoms. The maximum Gasteiger partial charge on any atom is 0.276 e. The van der Waals surface area contributed by atoms with Crippen molar-refractivity contribution < 1.29 is 9.59 Å². The second-order valence-electron chi connectivity index (χ2n) is 8.30. The summed E-state index contributed by atoms with van der Waals surface area (Å²) in [6.07, 6.45) is 3.95. The first-order chi connectivity index (χ1) is 17.5. The Morgan fingerprint density at radius 2 is 1.83 bits per heavy atom. The van der Waals surface area contributed by atoms with E-state index >= 15 is 0 Å². The van der Waals surface area contributed by atoms with Gasteiger partial charge in [0, 0.05) is 64.6 Å². The number of aromatic amines is 1. The van der Waals surface area contributed by atoms with Crippen LogP contribution in [-0.4, -0.2) is 33.8 Å². The number of carbonyl (C=O) groups excluding carboxylic acids is 2. The lowest BCUT2D eigenvalue weighted by atomic mass is 10.1. The van der Waals surface area contributed by atoms with E-state index in [-0.39, 0.29) is 12.3 Å². The summed E-state index contributed by atoms with van der Waals surface area (Å²) in [5.74, 6) is -0.196. The quantitative estimate of drug-likeness (QED) is 0.275. The molecule has 0 saturated carbocycles. The van der Waals surface area contributed by atoms with Crippen LogP contribution in [0.15, 0.2) is 78.4 Å². The molecule has 3 aromatic heterocycles. The van der Waals surface area contributed by atoms with Crippen molar-refractivity contribution >= 4 is 51.2 Å². The Labute approximate surface area is 211 Å². The number of thiazole rings is 1. The number of nitrogens with one attached hydrogen (secondary N) is 2. The van der Waals surface area contributed by atoms with E-state index in [1.165, 1.54) is 11.3 Å². The van der Waals surface area contributed by atoms with Gasteiger partial charge in [0.2, 0.25) is 5.91 Å². The van der Waals surface area contributed by atoms with Gasteiger partial charge >= 0.3 is 0 Å². The number of benzene rings is 2. The Bertz CT molecular complexity index is 1530. The fourth-order valence-electron chi connectivity index (χ4n) is 4.05. The molecule has 0 aliphatic carbocycles. The Balaban J connectivity index is 1.46. The van der Waals surface area contributed by atoms with E-state index in [2.05, 4.69) is 25.2 Å². The molecule has 0 unspecified atom stereocenters. The van der Waals surface area contributed by atoms with Gasteiger partial charge in [-0.15, -0.1) is 11.3 Å². The van der Waals surface area contributed by atoms with Gasteiger partial charge in [0.15, 0.2) is 0 Å². The fourth-order valence-corrected chi connectivity index (χ4v) is 4.86. The number of pyridine rings is 1. The summed E-state index contributed by atoms with van der Waals surface area (Å²) in [4.78, 5) is 38.5. The molecule has 0 radical (unpaired) electrons. The Morgan fingerprint density at radius 1 is 1.06 bits per heavy atom. The Hall–Kier alpha value is -4.50. The number of nitrogens with two attached hydrogens (primary N) is 1. The predicted octanol–water partition coefficient (Wildman–Crippen LogP) is 5.12. The molecule has 8 nitrogen and oxygen atoms in total. The van der Waals surface area contributed by atoms with Gasteiger partial charge in [-0.25, -0.2) is 4.98 Å². The number of anilines is 3. The molecule has 0 aliphatic heterocycles. The van der Waals surface area contributed by atoms with Gasteiger partial charge in [0.05, 0.1) is 0 Å². The van der Waals surface area contributed by atoms with E-state index in [1.807, 2.05) is 67.7 Å². The highest BCUT2D eigenvalue weighted by Gasteiger charge is 2.18. The summed E-state index contributed by atoms with van der Waals surface area (Å²) in [7, 11) is 2.00. The highest BCUT2D eigenvalue weighted by Crippen LogP contribution is 2.33. The van der Waals surface area contributed by atoms with Crippen LogP contribution in [-0.2, 0) is 11.2 Å². The first-order valence-corrected chi connectivity index (χ1v) is 12.3. The van der Waals surface area contributed by atoms with Crippen molar-refractivity contribution in [2.75, 3.05) is 17.3 Å². The lowest BCUT2D eigenvalue weighted by Crippen LogP contribution is -2.15. The smallest absolute Gasteiger partial charge is 0.276 e. The standard InChI is InChI=1S/C27H24N6O2S/c1-33(18-5-3-2-4-6-18)19-7-8-20-21(9-10-24(28)34)25(30-22(20)15-19)32-26(35)23-16-36-27(31-23)17-11-13-29-14-12-17/h2-8,11-16,30H,9-10H2,1H3,(H2,28,34)(H,32,35). The summed E-state index contributed by atoms with van der Waals surface area (Å²) < 4.78 is 0. The Kier molecular flexibility index (Phi) is 6.46. The molecule has 3 heterocycles. The number of primary amides is 1. The minimum atomic E-state index is -0.399. The van der Waals surface area contributed by atoms with Crippen molar-refractivity contribution in [1.29, 1.82) is 0 Å². The third-order valence-electron chi connectivity index (χ3n) is 5.94. The summed E-state index contributed by atoms with van der Waals surface area (Å²) in [6.45, 7) is 0. The predicted molar refractivity (Wildman–Crippen MR) is 144 cm³/mol. The summed E-state index contributed by atoms with van der Waals surface area (Å²) >= 11 is 1.39. The second kappa shape index (κ2) is 10.0. The van der Waals surface area contributed by atoms with Gasteiger partial charge < -0.3 is 20.9 Å². The molecule has 4 N–H and O–H groups in total. The van der Waals surface area contributed by atoms with E-state index in [0.29, 0.717) is 17.9 Å². The maximum atomic E-state index is 13.1. The lowest BCUT2D eigenvalue weighted by molar-refractivity contribution is -0.117. The third-order valence-corrected chi connectivity index (χ3v) is 6.84. The van der Waals surface area contributed by atoms with Crippen molar-refractivity contribution in [3.63, 3.8) is 0 Å². The van der Waals surface area contributed by atoms with Crippen LogP contribution < -0.4 is 16.0 Å². The zero-order valence-corrected chi connectivity index (χ0v) is 20.4. The van der Waals surface area contributed by atoms with Gasteiger partial charge in [-0.05, 0) is 42.8 Å². The minimum absolute atomic E-state index is 0.171. The summed E-state index contributed by atoms with van der Waals surface area (Å²) in [5.41, 5.74) is 10.4. The first-order valence-electron chi connectivity index (χ1n) is 11.4. The first kappa shape index (κ1) is 23.3. The zero-order chi connectivity index (χ0) is 25.1. The number of nitrogens with zero attached hydrogens (tertiary/aromatic N) is 3. The number of amides is 2. The number of hydrogen-bond donors (Lipinski definition) is 3. The zero-order valence-electron chi connectivity index (χ0n) is 19.6. The van der Waals surface area contributed by atoms with Gasteiger partial charge in [-0.3, -0.25) is 14.6 Å². The average Bonchev–Trinajstić information content (AvgIpc) is 3.53. The van der Waals surface area contributed by atoms with E-state index in [1.54, 1.807) is 17.8 Å². The fraction of sp³-hybridized carbons (Fsp3) is 0.111. The van der Waals surface area contributed by atoms with E-state index < -0.39 is 5.91 Å². The van der Waals surface area contributed by atoms with Gasteiger partial charge in [0.25, 0.3) is 5.91 Å². The van der Waals surface area contributed by atoms with Crippen LogP contribution in [0.4, 0.5) is 17.2 Å². The van der Waals surface area contributed by atoms with Crippen LogP contribution in [0.2, 0.25) is 0 Å². The molecule has 2 aromatic carbocycles. The highest BCUT2D eigenvalue weighted by molar-refractivity contribution is 7.13. The third kappa shape index (κ3) is 4.82. The van der Waals surface area contributed by atoms with Crippen LogP contribution in [0, 0.1) is 0 Å². The van der Waals surface area contributed by atoms with Gasteiger partial charge in [-0.2, -0.15) is 0 Å². The molecule has 0 saturated heterocycles. The average molecular weight is 497 g/mol. The molecular formula is C27H24N6O2S. The maximum absolute atomic E-state index is 13.1. The molecule has 2 amide bonds. The van der Waals surface area contributed by atoms with E-state index in [0.717, 1.165) is 38.4 Å². The number of carbonyl (C=O) groups is 2. The minimum Gasteiger partial charge on any atom is -0.370 e.